The molecule has 0 saturated heterocycles. The van der Waals surface area contributed by atoms with Gasteiger partial charge in [0.1, 0.15) is 7.28 Å². The van der Waals surface area contributed by atoms with Crippen LogP contribution in [0.3, 0.4) is 0 Å². The molecule has 93 valence electrons. The van der Waals surface area contributed by atoms with Crippen LogP contribution < -0.4 is 0 Å². The maximum atomic E-state index is 2.40. The Labute approximate surface area is 112 Å². The van der Waals surface area contributed by atoms with Crippen molar-refractivity contribution in [2.45, 2.75) is 45.2 Å². The molecule has 1 aliphatic rings. The zero-order valence-electron chi connectivity index (χ0n) is 11.4. The van der Waals surface area contributed by atoms with Crippen molar-refractivity contribution >= 4 is 12.9 Å². The van der Waals surface area contributed by atoms with Crippen LogP contribution in [0.1, 0.15) is 37.3 Å². The topological polar surface area (TPSA) is 0 Å². The monoisotopic (exact) mass is 237 g/mol. The Morgan fingerprint density at radius 1 is 1.06 bits per heavy atom. The van der Waals surface area contributed by atoms with E-state index in [4.69, 9.17) is 0 Å². The normalized spacial score (nSPS) is 14.4. The first-order chi connectivity index (χ1) is 8.90. The molecule has 0 heterocycles. The summed E-state index contributed by atoms with van der Waals surface area (Å²) in [4.78, 5) is 0. The zero-order chi connectivity index (χ0) is 12.6. The van der Waals surface area contributed by atoms with E-state index < -0.39 is 0 Å². The number of aryl methyl sites for hydroxylation is 1. The van der Waals surface area contributed by atoms with E-state index in [0.717, 1.165) is 0 Å². The van der Waals surface area contributed by atoms with Gasteiger partial charge in [-0.3, -0.25) is 0 Å². The van der Waals surface area contributed by atoms with Crippen LogP contribution in [0.5, 0.6) is 0 Å². The summed E-state index contributed by atoms with van der Waals surface area (Å²) in [7, 11) is 2.40. The summed E-state index contributed by atoms with van der Waals surface area (Å²) >= 11 is 0. The molecule has 0 N–H and O–H groups in total. The van der Waals surface area contributed by atoms with Gasteiger partial charge < -0.3 is 0 Å². The minimum absolute atomic E-state index is 1.18. The highest BCUT2D eigenvalue weighted by Gasteiger charge is 2.01. The molecule has 2 rings (SSSR count). The summed E-state index contributed by atoms with van der Waals surface area (Å²) in [6.07, 6.45) is 14.1. The van der Waals surface area contributed by atoms with Crippen molar-refractivity contribution < 1.29 is 0 Å². The van der Waals surface area contributed by atoms with E-state index in [1.807, 2.05) is 0 Å². The lowest BCUT2D eigenvalue weighted by Gasteiger charge is -2.08. The van der Waals surface area contributed by atoms with Crippen molar-refractivity contribution in [3.05, 3.63) is 53.6 Å². The van der Waals surface area contributed by atoms with Gasteiger partial charge in [0.25, 0.3) is 0 Å². The molecule has 0 bridgehead atoms. The average Bonchev–Trinajstić information content (AvgIpc) is 2.45. The Bertz CT molecular complexity index is 412. The van der Waals surface area contributed by atoms with Crippen LogP contribution in [-0.4, -0.2) is 7.28 Å². The van der Waals surface area contributed by atoms with Crippen molar-refractivity contribution in [3.63, 3.8) is 0 Å². The minimum Gasteiger partial charge on any atom is -0.0836 e. The summed E-state index contributed by atoms with van der Waals surface area (Å²) in [5.74, 6) is 0. The third kappa shape index (κ3) is 3.91. The van der Waals surface area contributed by atoms with Gasteiger partial charge in [-0.25, -0.2) is 0 Å². The Kier molecular flexibility index (Phi) is 5.32. The molecule has 0 spiro atoms. The van der Waals surface area contributed by atoms with Gasteiger partial charge in [0.15, 0.2) is 0 Å². The molecule has 0 atom stereocenters. The molecule has 1 radical (unpaired) electrons. The van der Waals surface area contributed by atoms with Gasteiger partial charge in [-0.05, 0) is 36.0 Å². The largest absolute Gasteiger partial charge is 0.109 e. The number of hydrogen-bond donors (Lipinski definition) is 0. The summed E-state index contributed by atoms with van der Waals surface area (Å²) in [6, 6.07) is 9.07. The average molecular weight is 237 g/mol. The smallest absolute Gasteiger partial charge is 0.0836 e. The van der Waals surface area contributed by atoms with E-state index >= 15 is 0 Å². The van der Waals surface area contributed by atoms with Gasteiger partial charge in [-0.15, -0.1) is 0 Å². The first kappa shape index (κ1) is 13.2. The first-order valence-electron chi connectivity index (χ1n) is 7.18. The Morgan fingerprint density at radius 3 is 2.56 bits per heavy atom. The van der Waals surface area contributed by atoms with Gasteiger partial charge in [0.2, 0.25) is 0 Å². The molecule has 0 saturated carbocycles. The standard InChI is InChI=1S/C17H22B/c1-2-13-18-14-12-15-8-10-17(11-9-15)16-6-4-3-5-7-16/h4,6-11H,2-3,5,12-14H2,1H3. The van der Waals surface area contributed by atoms with Gasteiger partial charge in [-0.2, -0.15) is 0 Å². The molecule has 1 heteroatoms. The minimum atomic E-state index is 1.18. The fourth-order valence-corrected chi connectivity index (χ4v) is 2.31. The second kappa shape index (κ2) is 7.26. The van der Waals surface area contributed by atoms with Crippen molar-refractivity contribution in [2.75, 3.05) is 0 Å². The highest BCUT2D eigenvalue weighted by Crippen LogP contribution is 2.21. The van der Waals surface area contributed by atoms with Gasteiger partial charge in [0.05, 0.1) is 0 Å². The molecule has 1 aromatic rings. The van der Waals surface area contributed by atoms with Crippen LogP contribution in [-0.2, 0) is 6.42 Å². The highest BCUT2D eigenvalue weighted by atomic mass is 14.1. The van der Waals surface area contributed by atoms with E-state index in [1.54, 1.807) is 0 Å². The van der Waals surface area contributed by atoms with Crippen LogP contribution in [0.15, 0.2) is 42.5 Å². The van der Waals surface area contributed by atoms with Gasteiger partial charge >= 0.3 is 0 Å². The first-order valence-corrected chi connectivity index (χ1v) is 7.18. The van der Waals surface area contributed by atoms with Crippen molar-refractivity contribution in [2.24, 2.45) is 0 Å². The zero-order valence-corrected chi connectivity index (χ0v) is 11.4. The third-order valence-electron chi connectivity index (χ3n) is 3.41. The summed E-state index contributed by atoms with van der Waals surface area (Å²) in [5, 5.41) is 0. The lowest BCUT2D eigenvalue weighted by molar-refractivity contribution is 1.04. The van der Waals surface area contributed by atoms with Crippen LogP contribution in [0, 0.1) is 0 Å². The molecule has 1 aromatic carbocycles. The summed E-state index contributed by atoms with van der Waals surface area (Å²) < 4.78 is 0. The SMILES string of the molecule is CCC[B]CCc1ccc(C2=CCCC=C2)cc1. The molecular weight excluding hydrogens is 215 g/mol. The molecule has 0 fully saturated rings. The molecule has 0 nitrogen and oxygen atoms in total. The predicted octanol–water partition coefficient (Wildman–Crippen LogP) is 4.91. The Hall–Kier alpha value is -1.24. The van der Waals surface area contributed by atoms with Crippen LogP contribution in [0.4, 0.5) is 0 Å². The highest BCUT2D eigenvalue weighted by molar-refractivity contribution is 6.35. The van der Waals surface area contributed by atoms with Gasteiger partial charge in [0, 0.05) is 0 Å². The predicted molar refractivity (Wildman–Crippen MR) is 82.2 cm³/mol. The van der Waals surface area contributed by atoms with E-state index in [1.165, 1.54) is 55.0 Å². The second-order valence-corrected chi connectivity index (χ2v) is 4.95. The number of allylic oxidation sites excluding steroid dienone is 4. The fraction of sp³-hybridized carbons (Fsp3) is 0.412. The molecule has 0 amide bonds. The maximum Gasteiger partial charge on any atom is 0.109 e. The van der Waals surface area contributed by atoms with E-state index in [2.05, 4.69) is 56.7 Å². The molecule has 1 aliphatic carbocycles. The van der Waals surface area contributed by atoms with Crippen LogP contribution in [0.25, 0.3) is 5.57 Å². The number of rotatable bonds is 6. The third-order valence-corrected chi connectivity index (χ3v) is 3.41. The molecule has 18 heavy (non-hydrogen) atoms. The molecule has 0 unspecified atom stereocenters. The quantitative estimate of drug-likeness (QED) is 0.487. The summed E-state index contributed by atoms with van der Waals surface area (Å²) in [6.45, 7) is 2.23. The maximum absolute atomic E-state index is 2.40. The van der Waals surface area contributed by atoms with Crippen LogP contribution in [0.2, 0.25) is 12.6 Å². The van der Waals surface area contributed by atoms with Crippen molar-refractivity contribution in [3.8, 4) is 0 Å². The van der Waals surface area contributed by atoms with Gasteiger partial charge in [-0.1, -0.05) is 68.5 Å². The van der Waals surface area contributed by atoms with Crippen molar-refractivity contribution in [1.82, 2.24) is 0 Å². The molecular formula is C17H22B. The second-order valence-electron chi connectivity index (χ2n) is 4.95. The Morgan fingerprint density at radius 2 is 1.89 bits per heavy atom. The lowest BCUT2D eigenvalue weighted by Crippen LogP contribution is -1.93. The van der Waals surface area contributed by atoms with Crippen molar-refractivity contribution in [1.29, 1.82) is 0 Å². The number of hydrogen-bond acceptors (Lipinski definition) is 0. The lowest BCUT2D eigenvalue weighted by atomic mass is 9.68. The van der Waals surface area contributed by atoms with E-state index in [-0.39, 0.29) is 0 Å². The van der Waals surface area contributed by atoms with Crippen LogP contribution >= 0.6 is 0 Å². The summed E-state index contributed by atoms with van der Waals surface area (Å²) in [5.41, 5.74) is 4.18. The number of benzene rings is 1. The van der Waals surface area contributed by atoms with E-state index in [0.29, 0.717) is 0 Å². The fourth-order valence-electron chi connectivity index (χ4n) is 2.31. The Balaban J connectivity index is 1.89. The van der Waals surface area contributed by atoms with E-state index in [9.17, 15) is 0 Å². The molecule has 0 aliphatic heterocycles. The molecule has 0 aromatic heterocycles.